The van der Waals surface area contributed by atoms with E-state index in [1.807, 2.05) is 24.4 Å². The second-order valence-corrected chi connectivity index (χ2v) is 6.22. The van der Waals surface area contributed by atoms with Gasteiger partial charge < -0.3 is 16.0 Å². The number of amides is 2. The average molecular weight is 341 g/mol. The van der Waals surface area contributed by atoms with E-state index in [-0.39, 0.29) is 17.7 Å². The zero-order chi connectivity index (χ0) is 17.8. The van der Waals surface area contributed by atoms with Gasteiger partial charge in [0, 0.05) is 38.4 Å². The Morgan fingerprint density at radius 1 is 1.36 bits per heavy atom. The fourth-order valence-corrected chi connectivity index (χ4v) is 3.20. The van der Waals surface area contributed by atoms with Crippen LogP contribution in [0.5, 0.6) is 0 Å². The molecule has 1 aromatic carbocycles. The number of rotatable bonds is 4. The minimum atomic E-state index is -0.150. The van der Waals surface area contributed by atoms with Crippen LogP contribution < -0.4 is 11.1 Å². The summed E-state index contributed by atoms with van der Waals surface area (Å²) in [7, 11) is 1.63. The van der Waals surface area contributed by atoms with Gasteiger partial charge in [-0.3, -0.25) is 9.59 Å². The molecule has 132 valence electrons. The molecule has 0 saturated carbocycles. The lowest BCUT2D eigenvalue weighted by atomic mass is 9.96. The van der Waals surface area contributed by atoms with Crippen LogP contribution in [0.4, 0.5) is 0 Å². The molecule has 1 aliphatic rings. The fraction of sp³-hybridized carbons (Fsp3) is 0.389. The van der Waals surface area contributed by atoms with Crippen molar-refractivity contribution in [1.82, 2.24) is 20.0 Å². The molecule has 1 saturated heterocycles. The molecule has 0 unspecified atom stereocenters. The fourth-order valence-electron chi connectivity index (χ4n) is 3.20. The van der Waals surface area contributed by atoms with Crippen LogP contribution in [-0.2, 0) is 11.3 Å². The summed E-state index contributed by atoms with van der Waals surface area (Å²) in [5.41, 5.74) is 7.84. The van der Waals surface area contributed by atoms with Crippen LogP contribution in [0.1, 0.15) is 28.8 Å². The molecule has 7 nitrogen and oxygen atoms in total. The zero-order valence-electron chi connectivity index (χ0n) is 14.3. The van der Waals surface area contributed by atoms with Gasteiger partial charge >= 0.3 is 0 Å². The Hall–Kier alpha value is -2.67. The summed E-state index contributed by atoms with van der Waals surface area (Å²) in [6.45, 7) is 1.50. The first kappa shape index (κ1) is 17.2. The molecule has 7 heteroatoms. The molecule has 2 aromatic rings. The Kier molecular flexibility index (Phi) is 5.14. The normalized spacial score (nSPS) is 17.4. The Morgan fingerprint density at radius 2 is 2.16 bits per heavy atom. The number of para-hydroxylation sites is 1. The maximum atomic E-state index is 13.1. The highest BCUT2D eigenvalue weighted by molar-refractivity contribution is 5.98. The summed E-state index contributed by atoms with van der Waals surface area (Å²) in [5, 5.41) is 6.98. The van der Waals surface area contributed by atoms with Gasteiger partial charge in [-0.2, -0.15) is 5.10 Å². The summed E-state index contributed by atoms with van der Waals surface area (Å²) in [4.78, 5) is 26.7. The lowest BCUT2D eigenvalue weighted by Crippen LogP contribution is -2.45. The maximum Gasteiger partial charge on any atom is 0.256 e. The Labute approximate surface area is 146 Å². The number of nitrogens with zero attached hydrogens (tertiary/aromatic N) is 3. The van der Waals surface area contributed by atoms with E-state index in [9.17, 15) is 9.59 Å². The van der Waals surface area contributed by atoms with Crippen LogP contribution in [0.2, 0.25) is 0 Å². The predicted octanol–water partition coefficient (Wildman–Crippen LogP) is 0.929. The van der Waals surface area contributed by atoms with E-state index in [4.69, 9.17) is 5.73 Å². The van der Waals surface area contributed by atoms with Crippen LogP contribution in [-0.4, -0.2) is 46.6 Å². The van der Waals surface area contributed by atoms with E-state index in [0.29, 0.717) is 30.9 Å². The molecule has 25 heavy (non-hydrogen) atoms. The van der Waals surface area contributed by atoms with Crippen molar-refractivity contribution >= 4 is 11.8 Å². The highest BCUT2D eigenvalue weighted by Gasteiger charge is 2.29. The number of nitrogens with two attached hydrogens (primary N) is 1. The van der Waals surface area contributed by atoms with Gasteiger partial charge in [0.2, 0.25) is 5.91 Å². The number of benzene rings is 1. The first-order chi connectivity index (χ1) is 12.1. The van der Waals surface area contributed by atoms with E-state index < -0.39 is 0 Å². The van der Waals surface area contributed by atoms with Crippen molar-refractivity contribution in [1.29, 1.82) is 0 Å². The van der Waals surface area contributed by atoms with E-state index in [1.54, 1.807) is 28.9 Å². The third-order valence-corrected chi connectivity index (χ3v) is 4.58. The monoisotopic (exact) mass is 341 g/mol. The Morgan fingerprint density at radius 3 is 2.88 bits per heavy atom. The van der Waals surface area contributed by atoms with Gasteiger partial charge in [-0.15, -0.1) is 0 Å². The van der Waals surface area contributed by atoms with Crippen molar-refractivity contribution < 1.29 is 9.59 Å². The number of carbonyl (C=O) groups excluding carboxylic acids is 2. The van der Waals surface area contributed by atoms with Crippen molar-refractivity contribution in [3.05, 3.63) is 47.8 Å². The Balaban J connectivity index is 1.86. The lowest BCUT2D eigenvalue weighted by Gasteiger charge is -2.32. The topological polar surface area (TPSA) is 93.2 Å². The average Bonchev–Trinajstić information content (AvgIpc) is 3.16. The minimum absolute atomic E-state index is 0.00884. The molecule has 2 amide bonds. The second-order valence-electron chi connectivity index (χ2n) is 6.22. The number of hydrogen-bond donors (Lipinski definition) is 2. The number of nitrogens with one attached hydrogen (secondary N) is 1. The molecule has 3 N–H and O–H groups in total. The largest absolute Gasteiger partial charge is 0.359 e. The van der Waals surface area contributed by atoms with Crippen molar-refractivity contribution in [3.8, 4) is 5.69 Å². The van der Waals surface area contributed by atoms with Crippen molar-refractivity contribution in [2.75, 3.05) is 20.1 Å². The van der Waals surface area contributed by atoms with Gasteiger partial charge in [-0.05, 0) is 25.0 Å². The highest BCUT2D eigenvalue weighted by Crippen LogP contribution is 2.22. The summed E-state index contributed by atoms with van der Waals surface area (Å²) >= 11 is 0. The maximum absolute atomic E-state index is 13.1. The number of piperidine rings is 1. The molecule has 2 heterocycles. The summed E-state index contributed by atoms with van der Waals surface area (Å²) in [5.74, 6) is -0.233. The lowest BCUT2D eigenvalue weighted by molar-refractivity contribution is -0.125. The van der Waals surface area contributed by atoms with Crippen LogP contribution >= 0.6 is 0 Å². The molecule has 1 fully saturated rings. The van der Waals surface area contributed by atoms with Crippen molar-refractivity contribution in [2.24, 2.45) is 11.7 Å². The number of hydrogen-bond acceptors (Lipinski definition) is 4. The summed E-state index contributed by atoms with van der Waals surface area (Å²) < 4.78 is 1.68. The summed E-state index contributed by atoms with van der Waals surface area (Å²) in [6, 6.07) is 7.37. The first-order valence-electron chi connectivity index (χ1n) is 8.48. The first-order valence-corrected chi connectivity index (χ1v) is 8.48. The van der Waals surface area contributed by atoms with Crippen LogP contribution in [0.15, 0.2) is 36.7 Å². The van der Waals surface area contributed by atoms with Crippen molar-refractivity contribution in [3.63, 3.8) is 0 Å². The van der Waals surface area contributed by atoms with Gasteiger partial charge in [0.1, 0.15) is 0 Å². The van der Waals surface area contributed by atoms with Crippen LogP contribution in [0.25, 0.3) is 5.69 Å². The molecule has 1 atom stereocenters. The quantitative estimate of drug-likeness (QED) is 0.865. The molecule has 0 bridgehead atoms. The molecule has 0 radical (unpaired) electrons. The van der Waals surface area contributed by atoms with Gasteiger partial charge in [-0.1, -0.05) is 12.1 Å². The molecule has 0 spiro atoms. The number of aromatic nitrogens is 2. The summed E-state index contributed by atoms with van der Waals surface area (Å²) in [6.07, 6.45) is 5.16. The SMILES string of the molecule is CNC(=O)[C@@H]1CCCN(C(=O)c2ccccc2-n2cc(CN)cn2)C1. The van der Waals surface area contributed by atoms with E-state index >= 15 is 0 Å². The van der Waals surface area contributed by atoms with Crippen LogP contribution in [0.3, 0.4) is 0 Å². The molecular weight excluding hydrogens is 318 g/mol. The van der Waals surface area contributed by atoms with E-state index in [2.05, 4.69) is 10.4 Å². The van der Waals surface area contributed by atoms with E-state index in [0.717, 1.165) is 18.4 Å². The molecule has 3 rings (SSSR count). The van der Waals surface area contributed by atoms with Gasteiger partial charge in [-0.25, -0.2) is 4.68 Å². The third kappa shape index (κ3) is 3.56. The van der Waals surface area contributed by atoms with Crippen LogP contribution in [0, 0.1) is 5.92 Å². The third-order valence-electron chi connectivity index (χ3n) is 4.58. The van der Waals surface area contributed by atoms with Gasteiger partial charge in [0.25, 0.3) is 5.91 Å². The van der Waals surface area contributed by atoms with E-state index in [1.165, 1.54) is 0 Å². The smallest absolute Gasteiger partial charge is 0.256 e. The molecular formula is C18H23N5O2. The molecule has 0 aliphatic carbocycles. The van der Waals surface area contributed by atoms with Crippen molar-refractivity contribution in [2.45, 2.75) is 19.4 Å². The zero-order valence-corrected chi connectivity index (χ0v) is 14.3. The standard InChI is InChI=1S/C18H23N5O2/c1-20-17(24)14-5-4-8-22(12-14)18(25)15-6-2-3-7-16(15)23-11-13(9-19)10-21-23/h2-3,6-7,10-11,14H,4-5,8-9,12,19H2,1H3,(H,20,24)/t14-/m1/s1. The second kappa shape index (κ2) is 7.48. The van der Waals surface area contributed by atoms with Gasteiger partial charge in [0.15, 0.2) is 0 Å². The number of likely N-dealkylation sites (tertiary alicyclic amines) is 1. The highest BCUT2D eigenvalue weighted by atomic mass is 16.2. The molecule has 1 aliphatic heterocycles. The molecule has 1 aromatic heterocycles. The minimum Gasteiger partial charge on any atom is -0.359 e. The number of carbonyl (C=O) groups is 2. The van der Waals surface area contributed by atoms with Gasteiger partial charge in [0.05, 0.1) is 23.4 Å². The Bertz CT molecular complexity index is 770. The predicted molar refractivity (Wildman–Crippen MR) is 94.1 cm³/mol.